The molecule has 0 saturated heterocycles. The molecule has 2 amide bonds. The Labute approximate surface area is 274 Å². The number of carbonyl (C=O) groups is 3. The van der Waals surface area contributed by atoms with E-state index in [1.807, 2.05) is 78.9 Å². The topological polar surface area (TPSA) is 112 Å². The molecule has 0 aliphatic carbocycles. The summed E-state index contributed by atoms with van der Waals surface area (Å²) in [7, 11) is 0. The van der Waals surface area contributed by atoms with E-state index < -0.39 is 5.97 Å². The number of anilines is 2. The van der Waals surface area contributed by atoms with Gasteiger partial charge < -0.3 is 10.4 Å². The number of nitrogens with one attached hydrogen (secondary N) is 1. The number of carbonyl (C=O) groups excluding carboxylic acids is 2. The van der Waals surface area contributed by atoms with Crippen LogP contribution in [0.15, 0.2) is 138 Å². The highest BCUT2D eigenvalue weighted by molar-refractivity contribution is 8.14. The van der Waals surface area contributed by atoms with Crippen LogP contribution in [0.1, 0.15) is 15.9 Å². The third-order valence-corrected chi connectivity index (χ3v) is 8.64. The monoisotopic (exact) mass is 634 g/mol. The van der Waals surface area contributed by atoms with E-state index in [0.717, 1.165) is 16.3 Å². The summed E-state index contributed by atoms with van der Waals surface area (Å²) in [5, 5.41) is 15.7. The fraction of sp³-hybridized carbons (Fsp3) is 0.0263. The van der Waals surface area contributed by atoms with Crippen molar-refractivity contribution in [2.45, 2.75) is 0 Å². The van der Waals surface area contributed by atoms with Crippen LogP contribution < -0.4 is 10.2 Å². The maximum atomic E-state index is 13.7. The second-order valence-corrected chi connectivity index (χ2v) is 11.7. The van der Waals surface area contributed by atoms with Gasteiger partial charge in [-0.05, 0) is 58.8 Å². The minimum absolute atomic E-state index is 0.0208. The highest BCUT2D eigenvalue weighted by atomic mass is 32.2. The van der Waals surface area contributed by atoms with E-state index >= 15 is 0 Å². The maximum Gasteiger partial charge on any atom is 0.336 e. The smallest absolute Gasteiger partial charge is 0.336 e. The van der Waals surface area contributed by atoms with Crippen molar-refractivity contribution in [3.63, 3.8) is 0 Å². The normalized spacial score (nSPS) is 13.7. The predicted molar refractivity (Wildman–Crippen MR) is 189 cm³/mol. The van der Waals surface area contributed by atoms with Crippen LogP contribution in [0.4, 0.5) is 11.4 Å². The van der Waals surface area contributed by atoms with Gasteiger partial charge in [-0.3, -0.25) is 14.5 Å². The Morgan fingerprint density at radius 1 is 0.809 bits per heavy atom. The number of aromatic carboxylic acids is 1. The Kier molecular flexibility index (Phi) is 8.04. The molecule has 6 aromatic rings. The summed E-state index contributed by atoms with van der Waals surface area (Å²) in [6, 6.07) is 38.9. The van der Waals surface area contributed by atoms with Crippen LogP contribution in [-0.4, -0.2) is 38.8 Å². The molecule has 9 heteroatoms. The highest BCUT2D eigenvalue weighted by Gasteiger charge is 2.32. The lowest BCUT2D eigenvalue weighted by Crippen LogP contribution is -2.31. The molecule has 1 aliphatic rings. The minimum atomic E-state index is -1.03. The van der Waals surface area contributed by atoms with Crippen molar-refractivity contribution in [3.8, 4) is 11.3 Å². The first-order valence-corrected chi connectivity index (χ1v) is 15.8. The molecular weight excluding hydrogens is 609 g/mol. The Hall–Kier alpha value is -6.06. The van der Waals surface area contributed by atoms with E-state index in [0.29, 0.717) is 38.7 Å². The molecule has 0 unspecified atom stereocenters. The van der Waals surface area contributed by atoms with Gasteiger partial charge >= 0.3 is 5.97 Å². The number of amidine groups is 1. The molecule has 0 spiro atoms. The number of carboxylic acid groups (broad SMARTS) is 1. The molecule has 5 aromatic carbocycles. The number of fused-ring (bicyclic) bond motifs is 2. The number of amides is 2. The summed E-state index contributed by atoms with van der Waals surface area (Å²) in [5.74, 6) is -1.54. The molecule has 0 fully saturated rings. The van der Waals surface area contributed by atoms with Crippen molar-refractivity contribution in [2.75, 3.05) is 16.0 Å². The molecule has 2 heterocycles. The summed E-state index contributed by atoms with van der Waals surface area (Å²) in [5.41, 5.74) is 4.40. The number of aromatic nitrogens is 1. The standard InChI is InChI=1S/C38H26N4O4S/c43-35(39-27-19-17-25(18-20-27)33-22-31(37(45)46)30-15-6-7-16-32(30)40-33)23-47-38-41-34(36(44)42(38)28-12-2-1-3-13-28)21-26-11-8-10-24-9-4-5-14-29(24)26/h1-22H,23H2,(H,39,43)(H,45,46)/b34-21-. The van der Waals surface area contributed by atoms with Crippen molar-refractivity contribution in [1.82, 2.24) is 4.98 Å². The summed E-state index contributed by atoms with van der Waals surface area (Å²) in [6.45, 7) is 0. The molecule has 0 bridgehead atoms. The van der Waals surface area contributed by atoms with Gasteiger partial charge in [0.2, 0.25) is 5.91 Å². The van der Waals surface area contributed by atoms with Crippen LogP contribution in [0.3, 0.4) is 0 Å². The number of hydrogen-bond acceptors (Lipinski definition) is 6. The molecule has 8 nitrogen and oxygen atoms in total. The zero-order chi connectivity index (χ0) is 32.3. The summed E-state index contributed by atoms with van der Waals surface area (Å²) >= 11 is 1.18. The number of carboxylic acids is 1. The lowest BCUT2D eigenvalue weighted by Gasteiger charge is -2.17. The molecule has 2 N–H and O–H groups in total. The average molecular weight is 635 g/mol. The number of aliphatic imine (C=N–C) groups is 1. The number of nitrogens with zero attached hydrogens (tertiary/aromatic N) is 3. The number of para-hydroxylation sites is 2. The van der Waals surface area contributed by atoms with Crippen molar-refractivity contribution < 1.29 is 19.5 Å². The van der Waals surface area contributed by atoms with Crippen molar-refractivity contribution in [2.24, 2.45) is 4.99 Å². The van der Waals surface area contributed by atoms with Gasteiger partial charge in [-0.15, -0.1) is 0 Å². The number of benzene rings is 5. The van der Waals surface area contributed by atoms with E-state index in [1.165, 1.54) is 16.7 Å². The van der Waals surface area contributed by atoms with Crippen LogP contribution in [0.2, 0.25) is 0 Å². The molecule has 0 saturated carbocycles. The molecule has 7 rings (SSSR count). The Bertz CT molecular complexity index is 2240. The van der Waals surface area contributed by atoms with E-state index in [2.05, 4.69) is 15.3 Å². The fourth-order valence-corrected chi connectivity index (χ4v) is 6.29. The number of thioether (sulfide) groups is 1. The Balaban J connectivity index is 1.09. The summed E-state index contributed by atoms with van der Waals surface area (Å²) in [4.78, 5) is 49.5. The van der Waals surface area contributed by atoms with Gasteiger partial charge in [-0.2, -0.15) is 0 Å². The second-order valence-electron chi connectivity index (χ2n) is 10.8. The van der Waals surface area contributed by atoms with Crippen molar-refractivity contribution >= 4 is 73.8 Å². The highest BCUT2D eigenvalue weighted by Crippen LogP contribution is 2.31. The van der Waals surface area contributed by atoms with Gasteiger partial charge in [-0.25, -0.2) is 14.8 Å². The molecule has 1 aliphatic heterocycles. The quantitative estimate of drug-likeness (QED) is 0.173. The van der Waals surface area contributed by atoms with E-state index in [4.69, 9.17) is 0 Å². The van der Waals surface area contributed by atoms with Crippen LogP contribution >= 0.6 is 11.8 Å². The van der Waals surface area contributed by atoms with Crippen LogP contribution in [0.5, 0.6) is 0 Å². The van der Waals surface area contributed by atoms with Gasteiger partial charge in [0, 0.05) is 16.6 Å². The molecule has 0 radical (unpaired) electrons. The zero-order valence-corrected chi connectivity index (χ0v) is 25.6. The van der Waals surface area contributed by atoms with Gasteiger partial charge in [0.15, 0.2) is 5.17 Å². The zero-order valence-electron chi connectivity index (χ0n) is 24.8. The number of hydrogen-bond donors (Lipinski definition) is 2. The van der Waals surface area contributed by atoms with Gasteiger partial charge in [0.25, 0.3) is 5.91 Å². The minimum Gasteiger partial charge on any atom is -0.478 e. The summed E-state index contributed by atoms with van der Waals surface area (Å²) < 4.78 is 0. The van der Waals surface area contributed by atoms with Crippen molar-refractivity contribution in [1.29, 1.82) is 0 Å². The first kappa shape index (κ1) is 29.6. The largest absolute Gasteiger partial charge is 0.478 e. The summed E-state index contributed by atoms with van der Waals surface area (Å²) in [6.07, 6.45) is 1.79. The molecule has 228 valence electrons. The second kappa shape index (κ2) is 12.7. The number of pyridine rings is 1. The third kappa shape index (κ3) is 6.12. The van der Waals surface area contributed by atoms with E-state index in [9.17, 15) is 19.5 Å². The maximum absolute atomic E-state index is 13.7. The van der Waals surface area contributed by atoms with Crippen LogP contribution in [0, 0.1) is 0 Å². The first-order chi connectivity index (χ1) is 22.9. The van der Waals surface area contributed by atoms with Gasteiger partial charge in [0.1, 0.15) is 5.70 Å². The lowest BCUT2D eigenvalue weighted by molar-refractivity contribution is -0.114. The lowest BCUT2D eigenvalue weighted by atomic mass is 10.0. The number of rotatable bonds is 7. The van der Waals surface area contributed by atoms with Gasteiger partial charge in [0.05, 0.1) is 28.2 Å². The molecule has 0 atom stereocenters. The third-order valence-electron chi connectivity index (χ3n) is 7.70. The van der Waals surface area contributed by atoms with Crippen LogP contribution in [-0.2, 0) is 9.59 Å². The van der Waals surface area contributed by atoms with Crippen molar-refractivity contribution in [3.05, 3.63) is 144 Å². The molecule has 47 heavy (non-hydrogen) atoms. The Morgan fingerprint density at radius 3 is 2.30 bits per heavy atom. The first-order valence-electron chi connectivity index (χ1n) is 14.8. The SMILES string of the molecule is O=C(CSC1=N/C(=C\c2cccc3ccccc23)C(=O)N1c1ccccc1)Nc1ccc(-c2cc(C(=O)O)c3ccccc3n2)cc1. The van der Waals surface area contributed by atoms with E-state index in [1.54, 1.807) is 54.6 Å². The van der Waals surface area contributed by atoms with Gasteiger partial charge in [-0.1, -0.05) is 103 Å². The van der Waals surface area contributed by atoms with Crippen LogP contribution in [0.25, 0.3) is 39.0 Å². The molecule has 1 aromatic heterocycles. The Morgan fingerprint density at radius 2 is 1.51 bits per heavy atom. The average Bonchev–Trinajstić information content (AvgIpc) is 3.41. The molecular formula is C38H26N4O4S. The fourth-order valence-electron chi connectivity index (χ4n) is 5.47. The predicted octanol–water partition coefficient (Wildman–Crippen LogP) is 7.87. The van der Waals surface area contributed by atoms with E-state index in [-0.39, 0.29) is 28.8 Å².